The maximum atomic E-state index is 13.1. The maximum Gasteiger partial charge on any atom is 0.261 e. The van der Waals surface area contributed by atoms with Gasteiger partial charge >= 0.3 is 0 Å². The number of amides is 1. The minimum absolute atomic E-state index is 0.0600. The molecule has 1 amide bonds. The predicted octanol–water partition coefficient (Wildman–Crippen LogP) is 5.72. The molecule has 0 aliphatic carbocycles. The molecule has 0 saturated heterocycles. The third kappa shape index (κ3) is 4.84. The van der Waals surface area contributed by atoms with Crippen molar-refractivity contribution in [1.82, 2.24) is 9.55 Å². The molecule has 4 aromatic rings. The summed E-state index contributed by atoms with van der Waals surface area (Å²) in [5, 5.41) is 1.46. The van der Waals surface area contributed by atoms with Gasteiger partial charge in [-0.1, -0.05) is 42.5 Å². The van der Waals surface area contributed by atoms with Gasteiger partial charge in [-0.3, -0.25) is 9.63 Å². The van der Waals surface area contributed by atoms with Gasteiger partial charge < -0.3 is 14.0 Å². The Bertz CT molecular complexity index is 1430. The first-order valence-electron chi connectivity index (χ1n) is 12.7. The van der Waals surface area contributed by atoms with Crippen molar-refractivity contribution in [3.63, 3.8) is 0 Å². The summed E-state index contributed by atoms with van der Waals surface area (Å²) in [5.74, 6) is 1.50. The van der Waals surface area contributed by atoms with E-state index in [-0.39, 0.29) is 12.5 Å². The van der Waals surface area contributed by atoms with Gasteiger partial charge in [0, 0.05) is 13.2 Å². The molecule has 0 radical (unpaired) electrons. The number of para-hydroxylation sites is 3. The van der Waals surface area contributed by atoms with Gasteiger partial charge in [-0.15, -0.1) is 0 Å². The van der Waals surface area contributed by atoms with Gasteiger partial charge in [0.2, 0.25) is 0 Å². The fourth-order valence-electron chi connectivity index (χ4n) is 4.82. The van der Waals surface area contributed by atoms with Crippen molar-refractivity contribution >= 4 is 22.6 Å². The minimum Gasteiger partial charge on any atom is -0.486 e. The van der Waals surface area contributed by atoms with E-state index >= 15 is 0 Å². The molecule has 1 aromatic heterocycles. The number of nitrogens with zero attached hydrogens (tertiary/aromatic N) is 3. The Morgan fingerprint density at radius 2 is 1.78 bits per heavy atom. The number of aromatic nitrogens is 2. The van der Waals surface area contributed by atoms with E-state index in [0.29, 0.717) is 32.1 Å². The van der Waals surface area contributed by atoms with Crippen molar-refractivity contribution in [3.8, 4) is 5.75 Å². The van der Waals surface area contributed by atoms with E-state index in [1.54, 1.807) is 0 Å². The molecule has 5 rings (SSSR count). The second-order valence-corrected chi connectivity index (χ2v) is 9.77. The number of benzene rings is 3. The van der Waals surface area contributed by atoms with Gasteiger partial charge in [0.1, 0.15) is 24.8 Å². The number of hydroxylamine groups is 1. The minimum atomic E-state index is -0.625. The second-order valence-electron chi connectivity index (χ2n) is 9.77. The third-order valence-corrected chi connectivity index (χ3v) is 6.86. The summed E-state index contributed by atoms with van der Waals surface area (Å²) in [6.07, 6.45) is 0. The van der Waals surface area contributed by atoms with E-state index in [1.807, 2.05) is 88.4 Å². The smallest absolute Gasteiger partial charge is 0.261 e. The molecule has 0 bridgehead atoms. The van der Waals surface area contributed by atoms with Crippen LogP contribution in [0.15, 0.2) is 66.7 Å². The number of carbonyl (C=O) groups excluding carboxylic acids is 1. The molecule has 192 valence electrons. The summed E-state index contributed by atoms with van der Waals surface area (Å²) < 4.78 is 13.9. The number of hydrogen-bond acceptors (Lipinski definition) is 5. The van der Waals surface area contributed by atoms with E-state index in [1.165, 1.54) is 5.06 Å². The lowest BCUT2D eigenvalue weighted by Crippen LogP contribution is -2.36. The summed E-state index contributed by atoms with van der Waals surface area (Å²) in [6, 6.07) is 21.8. The zero-order valence-corrected chi connectivity index (χ0v) is 21.9. The first-order valence-corrected chi connectivity index (χ1v) is 12.7. The summed E-state index contributed by atoms with van der Waals surface area (Å²) in [6.45, 7) is 10.5. The van der Waals surface area contributed by atoms with Crippen molar-refractivity contribution in [2.24, 2.45) is 0 Å². The first kappa shape index (κ1) is 25.0. The standard InChI is InChI=1S/C30H33N3O4/c1-5-35-17-16-32-26-15-7-6-14-25(26)31-27(32)20-36-23-12-9-11-22(18-23)19-37-33-28-21(2)10-8-13-24(28)30(3,4)29(33)34/h6-15,18H,5,16-17,19-20H2,1-4H3. The number of aryl methyl sites for hydroxylation is 1. The quantitative estimate of drug-likeness (QED) is 0.261. The topological polar surface area (TPSA) is 65.8 Å². The van der Waals surface area contributed by atoms with Gasteiger partial charge in [-0.25, -0.2) is 4.98 Å². The number of ether oxygens (including phenoxy) is 2. The van der Waals surface area contributed by atoms with Gasteiger partial charge in [0.25, 0.3) is 5.91 Å². The lowest BCUT2D eigenvalue weighted by Gasteiger charge is -2.20. The highest BCUT2D eigenvalue weighted by Crippen LogP contribution is 2.43. The highest BCUT2D eigenvalue weighted by molar-refractivity contribution is 6.06. The van der Waals surface area contributed by atoms with Crippen LogP contribution in [0.2, 0.25) is 0 Å². The highest BCUT2D eigenvalue weighted by atomic mass is 16.7. The highest BCUT2D eigenvalue weighted by Gasteiger charge is 2.45. The zero-order valence-electron chi connectivity index (χ0n) is 21.9. The van der Waals surface area contributed by atoms with E-state index < -0.39 is 5.41 Å². The molecule has 0 unspecified atom stereocenters. The van der Waals surface area contributed by atoms with Crippen LogP contribution in [0.25, 0.3) is 11.0 Å². The summed E-state index contributed by atoms with van der Waals surface area (Å²) in [5.41, 5.74) is 5.14. The Morgan fingerprint density at radius 3 is 2.62 bits per heavy atom. The van der Waals surface area contributed by atoms with Crippen LogP contribution in [0, 0.1) is 6.92 Å². The second kappa shape index (κ2) is 10.4. The van der Waals surface area contributed by atoms with Crippen molar-refractivity contribution in [3.05, 3.63) is 89.2 Å². The average molecular weight is 500 g/mol. The Hall–Kier alpha value is -3.68. The molecule has 0 saturated carbocycles. The maximum absolute atomic E-state index is 13.1. The van der Waals surface area contributed by atoms with Gasteiger partial charge in [-0.05, 0) is 68.7 Å². The number of carbonyl (C=O) groups is 1. The molecule has 0 N–H and O–H groups in total. The summed E-state index contributed by atoms with van der Waals surface area (Å²) >= 11 is 0. The van der Waals surface area contributed by atoms with Crippen molar-refractivity contribution in [2.75, 3.05) is 18.3 Å². The number of rotatable bonds is 10. The van der Waals surface area contributed by atoms with Crippen molar-refractivity contribution in [1.29, 1.82) is 0 Å². The fourth-order valence-corrected chi connectivity index (χ4v) is 4.82. The Kier molecular flexibility index (Phi) is 7.00. The Balaban J connectivity index is 1.29. The molecule has 0 atom stereocenters. The monoisotopic (exact) mass is 499 g/mol. The average Bonchev–Trinajstić information content (AvgIpc) is 3.35. The summed E-state index contributed by atoms with van der Waals surface area (Å²) in [4.78, 5) is 24.0. The van der Waals surface area contributed by atoms with E-state index in [0.717, 1.165) is 39.2 Å². The lowest BCUT2D eigenvalue weighted by atomic mass is 9.85. The molecule has 2 heterocycles. The van der Waals surface area contributed by atoms with Crippen LogP contribution in [-0.4, -0.2) is 28.7 Å². The largest absolute Gasteiger partial charge is 0.486 e. The molecule has 1 aliphatic rings. The third-order valence-electron chi connectivity index (χ3n) is 6.86. The molecular weight excluding hydrogens is 466 g/mol. The molecule has 37 heavy (non-hydrogen) atoms. The fraction of sp³-hybridized carbons (Fsp3) is 0.333. The normalized spacial score (nSPS) is 14.4. The van der Waals surface area contributed by atoms with E-state index in [4.69, 9.17) is 19.3 Å². The number of hydrogen-bond donors (Lipinski definition) is 0. The molecule has 1 aliphatic heterocycles. The van der Waals surface area contributed by atoms with E-state index in [9.17, 15) is 4.79 Å². The number of imidazole rings is 1. The van der Waals surface area contributed by atoms with Crippen LogP contribution < -0.4 is 9.80 Å². The molecule has 0 fully saturated rings. The van der Waals surface area contributed by atoms with Crippen molar-refractivity contribution in [2.45, 2.75) is 52.9 Å². The van der Waals surface area contributed by atoms with Gasteiger partial charge in [0.15, 0.2) is 0 Å². The van der Waals surface area contributed by atoms with Crippen LogP contribution in [0.1, 0.15) is 43.3 Å². The zero-order chi connectivity index (χ0) is 26.0. The lowest BCUT2D eigenvalue weighted by molar-refractivity contribution is -0.129. The number of anilines is 1. The molecule has 7 heteroatoms. The van der Waals surface area contributed by atoms with Crippen LogP contribution in [-0.2, 0) is 39.5 Å². The van der Waals surface area contributed by atoms with Gasteiger partial charge in [-0.2, -0.15) is 5.06 Å². The first-order chi connectivity index (χ1) is 17.9. The van der Waals surface area contributed by atoms with Crippen LogP contribution in [0.5, 0.6) is 5.75 Å². The Labute approximate surface area is 217 Å². The molecule has 3 aromatic carbocycles. The molecule has 7 nitrogen and oxygen atoms in total. The Morgan fingerprint density at radius 1 is 0.973 bits per heavy atom. The van der Waals surface area contributed by atoms with Crippen LogP contribution in [0.4, 0.5) is 5.69 Å². The predicted molar refractivity (Wildman–Crippen MR) is 143 cm³/mol. The van der Waals surface area contributed by atoms with E-state index in [2.05, 4.69) is 10.6 Å². The summed E-state index contributed by atoms with van der Waals surface area (Å²) in [7, 11) is 0. The molecular formula is C30H33N3O4. The van der Waals surface area contributed by atoms with Crippen molar-refractivity contribution < 1.29 is 19.1 Å². The van der Waals surface area contributed by atoms with Crippen LogP contribution in [0.3, 0.4) is 0 Å². The number of fused-ring (bicyclic) bond motifs is 2. The van der Waals surface area contributed by atoms with Crippen LogP contribution >= 0.6 is 0 Å². The molecule has 0 spiro atoms. The van der Waals surface area contributed by atoms with Gasteiger partial charge in [0.05, 0.1) is 28.7 Å². The SMILES string of the molecule is CCOCCn1c(COc2cccc(CON3C(=O)C(C)(C)c4cccc(C)c43)c2)nc2ccccc21.